The van der Waals surface area contributed by atoms with Crippen molar-refractivity contribution in [1.82, 2.24) is 4.72 Å². The first kappa shape index (κ1) is 22.3. The van der Waals surface area contributed by atoms with Gasteiger partial charge in [-0.15, -0.1) is 0 Å². The molecular formula is C18H15ClF4N2O4S. The van der Waals surface area contributed by atoms with E-state index in [0.717, 1.165) is 17.0 Å². The maximum Gasteiger partial charge on any atom is 0.511 e. The normalized spacial score (nSPS) is 17.1. The van der Waals surface area contributed by atoms with Crippen LogP contribution < -0.4 is 14.4 Å². The molecule has 6 nitrogen and oxygen atoms in total. The summed E-state index contributed by atoms with van der Waals surface area (Å²) < 4.78 is 81.7. The molecule has 1 aliphatic rings. The fourth-order valence-electron chi connectivity index (χ4n) is 3.04. The number of halogens is 5. The molecule has 1 aliphatic heterocycles. The Hall–Kier alpha value is -2.37. The van der Waals surface area contributed by atoms with Gasteiger partial charge in [-0.2, -0.15) is 17.9 Å². The smallest absolute Gasteiger partial charge is 0.453 e. The van der Waals surface area contributed by atoms with Gasteiger partial charge < -0.3 is 9.64 Å². The molecule has 30 heavy (non-hydrogen) atoms. The first-order valence-corrected chi connectivity index (χ1v) is 10.3. The summed E-state index contributed by atoms with van der Waals surface area (Å²) in [5, 5.41) is 0.106. The van der Waals surface area contributed by atoms with Crippen LogP contribution in [0, 0.1) is 12.7 Å². The van der Waals surface area contributed by atoms with E-state index in [-0.39, 0.29) is 28.6 Å². The number of amides is 1. The van der Waals surface area contributed by atoms with Gasteiger partial charge in [0.05, 0.1) is 10.7 Å². The lowest BCUT2D eigenvalue weighted by atomic mass is 9.96. The van der Waals surface area contributed by atoms with E-state index in [2.05, 4.69) is 0 Å². The van der Waals surface area contributed by atoms with Gasteiger partial charge in [0.25, 0.3) is 0 Å². The number of aryl methyl sites for hydroxylation is 1. The quantitative estimate of drug-likeness (QED) is 0.693. The number of benzene rings is 2. The second-order valence-corrected chi connectivity index (χ2v) is 8.73. The molecule has 2 aromatic rings. The third-order valence-electron chi connectivity index (χ3n) is 4.51. The molecule has 0 radical (unpaired) electrons. The number of anilines is 1. The molecular weight excluding hydrogens is 452 g/mol. The van der Waals surface area contributed by atoms with Crippen LogP contribution in [0.4, 0.5) is 23.2 Å². The van der Waals surface area contributed by atoms with Gasteiger partial charge in [-0.1, -0.05) is 23.7 Å². The third kappa shape index (κ3) is 4.09. The first-order valence-electron chi connectivity index (χ1n) is 8.43. The minimum atomic E-state index is -5.72. The summed E-state index contributed by atoms with van der Waals surface area (Å²) in [6, 6.07) is 4.94. The van der Waals surface area contributed by atoms with Gasteiger partial charge in [-0.05, 0) is 36.6 Å². The highest BCUT2D eigenvalue weighted by molar-refractivity contribution is 7.90. The molecule has 0 bridgehead atoms. The predicted octanol–water partition coefficient (Wildman–Crippen LogP) is 3.91. The van der Waals surface area contributed by atoms with Crippen molar-refractivity contribution < 1.29 is 35.5 Å². The lowest BCUT2D eigenvalue weighted by Crippen LogP contribution is -2.54. The van der Waals surface area contributed by atoms with Crippen molar-refractivity contribution in [1.29, 1.82) is 0 Å². The molecule has 0 saturated carbocycles. The zero-order chi connectivity index (χ0) is 22.4. The Morgan fingerprint density at radius 2 is 1.90 bits per heavy atom. The molecule has 3 rings (SSSR count). The average molecular weight is 467 g/mol. The van der Waals surface area contributed by atoms with Crippen molar-refractivity contribution in [3.05, 3.63) is 52.3 Å². The Balaban J connectivity index is 2.02. The largest absolute Gasteiger partial charge is 0.511 e. The molecule has 1 amide bonds. The van der Waals surface area contributed by atoms with Crippen LogP contribution in [0.3, 0.4) is 0 Å². The van der Waals surface area contributed by atoms with Crippen molar-refractivity contribution in [2.24, 2.45) is 0 Å². The second kappa shape index (κ2) is 7.71. The van der Waals surface area contributed by atoms with E-state index in [1.54, 1.807) is 19.1 Å². The van der Waals surface area contributed by atoms with E-state index in [0.29, 0.717) is 11.1 Å². The lowest BCUT2D eigenvalue weighted by Gasteiger charge is -2.33. The predicted molar refractivity (Wildman–Crippen MR) is 102 cm³/mol. The number of carbonyl (C=O) groups excluding carboxylic acids is 1. The van der Waals surface area contributed by atoms with Gasteiger partial charge in [0, 0.05) is 13.1 Å². The van der Waals surface area contributed by atoms with Crippen molar-refractivity contribution >= 4 is 33.2 Å². The molecule has 0 spiro atoms. The Labute approximate surface area is 174 Å². The van der Waals surface area contributed by atoms with E-state index in [1.807, 2.05) is 0 Å². The summed E-state index contributed by atoms with van der Waals surface area (Å²) in [5.74, 6) is -1.39. The van der Waals surface area contributed by atoms with Crippen molar-refractivity contribution in [3.63, 3.8) is 0 Å². The number of hydrogen-bond donors (Lipinski definition) is 1. The summed E-state index contributed by atoms with van der Waals surface area (Å²) in [5.41, 5.74) is -4.42. The number of fused-ring (bicyclic) bond motifs is 1. The van der Waals surface area contributed by atoms with Crippen molar-refractivity contribution in [2.45, 2.75) is 24.9 Å². The number of likely N-dealkylation sites (N-methyl/N-ethyl adjacent to an activating group) is 1. The van der Waals surface area contributed by atoms with Crippen LogP contribution in [-0.4, -0.2) is 32.9 Å². The van der Waals surface area contributed by atoms with Crippen LogP contribution in [0.2, 0.25) is 5.02 Å². The monoisotopic (exact) mass is 466 g/mol. The van der Waals surface area contributed by atoms with E-state index in [4.69, 9.17) is 16.3 Å². The van der Waals surface area contributed by atoms with Crippen LogP contribution in [-0.2, 0) is 21.2 Å². The minimum Gasteiger partial charge on any atom is -0.453 e. The summed E-state index contributed by atoms with van der Waals surface area (Å²) in [6.07, 6.45) is -0.332. The number of hydrogen-bond acceptors (Lipinski definition) is 4. The summed E-state index contributed by atoms with van der Waals surface area (Å²) in [6.45, 7) is 1.65. The fourth-order valence-corrected chi connectivity index (χ4v) is 3.89. The number of nitrogens with zero attached hydrogens (tertiary/aromatic N) is 1. The molecule has 1 atom stereocenters. The second-order valence-electron chi connectivity index (χ2n) is 6.62. The van der Waals surface area contributed by atoms with Gasteiger partial charge in [-0.25, -0.2) is 12.8 Å². The van der Waals surface area contributed by atoms with Gasteiger partial charge in [0.15, 0.2) is 5.75 Å². The number of carbonyl (C=O) groups is 1. The molecule has 2 aromatic carbocycles. The summed E-state index contributed by atoms with van der Waals surface area (Å²) >= 11 is 6.03. The zero-order valence-corrected chi connectivity index (χ0v) is 17.1. The SMILES string of the molecule is Cc1ccc2c(c1Oc1cc(F)ccc1Cl)N(C)C(=O)[C@H](NS(=O)(=O)C(F)(F)F)C2. The maximum absolute atomic E-state index is 13.6. The minimum absolute atomic E-state index is 0.0195. The van der Waals surface area contributed by atoms with E-state index >= 15 is 0 Å². The molecule has 0 aromatic heterocycles. The number of rotatable bonds is 4. The molecule has 12 heteroatoms. The summed E-state index contributed by atoms with van der Waals surface area (Å²) in [4.78, 5) is 13.6. The van der Waals surface area contributed by atoms with Crippen LogP contribution in [0.5, 0.6) is 11.5 Å². The van der Waals surface area contributed by atoms with E-state index in [9.17, 15) is 30.8 Å². The van der Waals surface area contributed by atoms with Gasteiger partial charge in [0.1, 0.15) is 17.6 Å². The Bertz CT molecular complexity index is 1120. The highest BCUT2D eigenvalue weighted by Gasteiger charge is 2.49. The van der Waals surface area contributed by atoms with Crippen molar-refractivity contribution in [3.8, 4) is 11.5 Å². The van der Waals surface area contributed by atoms with Crippen molar-refractivity contribution in [2.75, 3.05) is 11.9 Å². The molecule has 1 heterocycles. The fraction of sp³-hybridized carbons (Fsp3) is 0.278. The first-order chi connectivity index (χ1) is 13.8. The zero-order valence-electron chi connectivity index (χ0n) is 15.5. The number of nitrogens with one attached hydrogen (secondary N) is 1. The Kier molecular flexibility index (Phi) is 5.74. The highest BCUT2D eigenvalue weighted by Crippen LogP contribution is 2.42. The van der Waals surface area contributed by atoms with Crippen LogP contribution in [0.1, 0.15) is 11.1 Å². The Morgan fingerprint density at radius 1 is 1.23 bits per heavy atom. The maximum atomic E-state index is 13.6. The van der Waals surface area contributed by atoms with Gasteiger partial charge >= 0.3 is 15.5 Å². The molecule has 0 saturated heterocycles. The third-order valence-corrected chi connectivity index (χ3v) is 6.02. The number of alkyl halides is 3. The van der Waals surface area contributed by atoms with E-state index in [1.165, 1.54) is 17.8 Å². The number of ether oxygens (including phenoxy) is 1. The van der Waals surface area contributed by atoms with Crippen LogP contribution >= 0.6 is 11.6 Å². The van der Waals surface area contributed by atoms with Gasteiger partial charge in [-0.3, -0.25) is 4.79 Å². The van der Waals surface area contributed by atoms with Crippen LogP contribution in [0.15, 0.2) is 30.3 Å². The Morgan fingerprint density at radius 3 is 2.53 bits per heavy atom. The molecule has 0 fully saturated rings. The molecule has 162 valence electrons. The van der Waals surface area contributed by atoms with Gasteiger partial charge in [0.2, 0.25) is 5.91 Å². The summed E-state index contributed by atoms with van der Waals surface area (Å²) in [7, 11) is -4.45. The molecule has 1 N–H and O–H groups in total. The van der Waals surface area contributed by atoms with Crippen LogP contribution in [0.25, 0.3) is 0 Å². The standard InChI is InChI=1S/C18H15ClF4N2O4S/c1-9-3-4-10-7-13(24-30(27,28)18(21,22)23)17(26)25(2)15(10)16(9)29-14-8-11(20)5-6-12(14)19/h3-6,8,13,24H,7H2,1-2H3/t13-/m1/s1. The highest BCUT2D eigenvalue weighted by atomic mass is 35.5. The molecule has 0 aliphatic carbocycles. The average Bonchev–Trinajstić information content (AvgIpc) is 2.63. The molecule has 0 unspecified atom stereocenters. The number of sulfonamides is 1. The lowest BCUT2D eigenvalue weighted by molar-refractivity contribution is -0.120. The topological polar surface area (TPSA) is 75.7 Å². The van der Waals surface area contributed by atoms with E-state index < -0.39 is 33.3 Å².